The molecular weight excluding hydrogens is 991 g/mol. The summed E-state index contributed by atoms with van der Waals surface area (Å²) >= 11 is 1.53. The molecular formula is C53H71N7O12S2. The smallest absolute Gasteiger partial charge is 0.329 e. The lowest BCUT2D eigenvalue weighted by atomic mass is 9.79. The number of carbonyl (C=O) groups is 5. The maximum Gasteiger partial charge on any atom is 0.329 e. The van der Waals surface area contributed by atoms with Crippen molar-refractivity contribution in [2.24, 2.45) is 22.4 Å². The number of piperidine rings is 1. The number of nitrogens with one attached hydrogen (secondary N) is 2. The maximum absolute atomic E-state index is 14.2. The van der Waals surface area contributed by atoms with Gasteiger partial charge in [-0.3, -0.25) is 24.1 Å². The molecule has 19 nitrogen and oxygen atoms in total. The first-order valence-corrected chi connectivity index (χ1v) is 27.8. The van der Waals surface area contributed by atoms with E-state index in [0.717, 1.165) is 16.2 Å². The standard InChI is InChI=1S/C53H71N7O12S2/c1-8-53(4,5)49(63)51(65)59-23-10-9-16-40(59)52(66)72-42(20-18-34-19-21-43(69-6)44(25-34)70-7)35-13-11-15-38(26-35)71-24-22-55-45-17-12-14-36(57-45)29-58-30-39(27-37(58)28-56-74(54,67)68)73-48-32(2)47-46(33(3)62)50(64)60(47)41(48)31-61/h11-15,17,19,21,25-26,31-33,37,39-40,42,46-47,56,62H,8-10,16,18,20,22-24,27-30H2,1-7H3,(H,55,57)(H2,54,67,68)/t32-,33-,37+,39+,40+,42-,46-,47-/m1/s1. The molecule has 0 spiro atoms. The molecule has 3 aromatic rings. The molecule has 402 valence electrons. The average molecular weight is 1060 g/mol. The first kappa shape index (κ1) is 56.2. The molecule has 2 aromatic carbocycles. The number of ether oxygens (including phenoxy) is 4. The number of carbonyl (C=O) groups excluding carboxylic acids is 5. The number of amides is 2. The van der Waals surface area contributed by atoms with E-state index in [2.05, 4.69) is 14.9 Å². The number of ketones is 1. The molecule has 2 amide bonds. The number of thioether (sulfide) groups is 1. The van der Waals surface area contributed by atoms with Gasteiger partial charge in [-0.15, -0.1) is 11.8 Å². The van der Waals surface area contributed by atoms with Gasteiger partial charge in [-0.2, -0.15) is 8.42 Å². The molecule has 5 N–H and O–H groups in total. The SMILES string of the molecule is CCC(C)(C)C(=O)C(=O)N1CCCC[C@H]1C(=O)O[C@H](CCc1ccc(OC)c(OC)c1)c1cccc(OCCNc2cccc(CN3C[C@@H](SC4=C(C=O)N5C(=O)[C@H]([C@@H](C)O)[C@H]5[C@H]4C)C[C@H]3CNS(N)(=O)=O)n2)c1. The molecule has 74 heavy (non-hydrogen) atoms. The Morgan fingerprint density at radius 1 is 1.05 bits per heavy atom. The van der Waals surface area contributed by atoms with Crippen LogP contribution >= 0.6 is 11.8 Å². The third-order valence-corrected chi connectivity index (χ3v) is 16.8. The number of nitrogens with zero attached hydrogens (tertiary/aromatic N) is 4. The minimum atomic E-state index is -3.97. The second-order valence-corrected chi connectivity index (χ2v) is 22.9. The van der Waals surface area contributed by atoms with E-state index in [4.69, 9.17) is 29.1 Å². The van der Waals surface area contributed by atoms with Gasteiger partial charge in [0.25, 0.3) is 16.1 Å². The van der Waals surface area contributed by atoms with Crippen molar-refractivity contribution in [3.05, 3.63) is 88.1 Å². The molecule has 4 aliphatic rings. The monoisotopic (exact) mass is 1060 g/mol. The van der Waals surface area contributed by atoms with Crippen LogP contribution in [0, 0.1) is 17.3 Å². The number of fused-ring (bicyclic) bond motifs is 1. The summed E-state index contributed by atoms with van der Waals surface area (Å²) < 4.78 is 49.9. The van der Waals surface area contributed by atoms with Gasteiger partial charge in [0.05, 0.1) is 50.2 Å². The summed E-state index contributed by atoms with van der Waals surface area (Å²) in [6.07, 6.45) is 2.88. The number of aliphatic hydroxyl groups excluding tert-OH is 1. The molecule has 4 aliphatic heterocycles. The molecule has 21 heteroatoms. The van der Waals surface area contributed by atoms with Crippen LogP contribution < -0.4 is 29.4 Å². The van der Waals surface area contributed by atoms with E-state index in [0.29, 0.717) is 112 Å². The Hall–Kier alpha value is -5.58. The van der Waals surface area contributed by atoms with Gasteiger partial charge in [0.1, 0.15) is 30.3 Å². The Morgan fingerprint density at radius 3 is 2.51 bits per heavy atom. The number of benzene rings is 2. The van der Waals surface area contributed by atoms with Gasteiger partial charge in [0.15, 0.2) is 17.8 Å². The van der Waals surface area contributed by atoms with Crippen molar-refractivity contribution in [3.8, 4) is 17.2 Å². The molecule has 0 bridgehead atoms. The van der Waals surface area contributed by atoms with Crippen molar-refractivity contribution >= 4 is 57.6 Å². The van der Waals surface area contributed by atoms with Gasteiger partial charge in [-0.05, 0) is 99.4 Å². The number of aldehydes is 1. The first-order chi connectivity index (χ1) is 35.3. The number of rotatable bonds is 25. The van der Waals surface area contributed by atoms with Crippen molar-refractivity contribution in [2.75, 3.05) is 52.3 Å². The summed E-state index contributed by atoms with van der Waals surface area (Å²) in [5.41, 5.74) is 1.83. The van der Waals surface area contributed by atoms with Crippen LogP contribution in [0.15, 0.2) is 71.3 Å². The normalized spacial score (nSPS) is 22.9. The molecule has 0 radical (unpaired) electrons. The summed E-state index contributed by atoms with van der Waals surface area (Å²) in [4.78, 5) is 77.0. The molecule has 3 fully saturated rings. The molecule has 0 unspecified atom stereocenters. The highest BCUT2D eigenvalue weighted by Gasteiger charge is 2.59. The minimum absolute atomic E-state index is 0.0432. The van der Waals surface area contributed by atoms with Crippen molar-refractivity contribution in [2.45, 2.75) is 122 Å². The zero-order chi connectivity index (χ0) is 53.5. The number of nitrogens with two attached hydrogens (primary N) is 1. The zero-order valence-electron chi connectivity index (χ0n) is 43.3. The number of esters is 1. The van der Waals surface area contributed by atoms with Crippen LogP contribution in [0.4, 0.5) is 5.82 Å². The number of Topliss-reactive ketones (excluding diaryl/α,β-unsaturated/α-hetero) is 1. The van der Waals surface area contributed by atoms with Crippen molar-refractivity contribution in [3.63, 3.8) is 0 Å². The van der Waals surface area contributed by atoms with Gasteiger partial charge >= 0.3 is 5.97 Å². The second kappa shape index (κ2) is 24.4. The predicted molar refractivity (Wildman–Crippen MR) is 279 cm³/mol. The van der Waals surface area contributed by atoms with Crippen LogP contribution in [0.1, 0.15) is 96.1 Å². The van der Waals surface area contributed by atoms with Gasteiger partial charge in [0.2, 0.25) is 11.7 Å². The number of allylic oxidation sites excluding steroid dienone is 1. The highest BCUT2D eigenvalue weighted by Crippen LogP contribution is 2.51. The van der Waals surface area contributed by atoms with Crippen LogP contribution in [0.2, 0.25) is 0 Å². The highest BCUT2D eigenvalue weighted by atomic mass is 32.2. The number of pyridine rings is 1. The maximum atomic E-state index is 14.2. The Bertz CT molecular complexity index is 2680. The summed E-state index contributed by atoms with van der Waals surface area (Å²) in [7, 11) is -0.836. The minimum Gasteiger partial charge on any atom is -0.493 e. The molecule has 8 atom stereocenters. The van der Waals surface area contributed by atoms with Gasteiger partial charge < -0.3 is 39.2 Å². The number of methoxy groups -OCH3 is 2. The highest BCUT2D eigenvalue weighted by molar-refractivity contribution is 8.03. The number of hydrogen-bond donors (Lipinski definition) is 4. The van der Waals surface area contributed by atoms with Crippen molar-refractivity contribution in [1.29, 1.82) is 0 Å². The van der Waals surface area contributed by atoms with Crippen molar-refractivity contribution < 1.29 is 56.4 Å². The molecule has 0 aliphatic carbocycles. The molecule has 3 saturated heterocycles. The number of β-lactam (4-membered cyclic amide) rings is 1. The predicted octanol–water partition coefficient (Wildman–Crippen LogP) is 4.93. The van der Waals surface area contributed by atoms with E-state index >= 15 is 0 Å². The Labute approximate surface area is 438 Å². The summed E-state index contributed by atoms with van der Waals surface area (Å²) in [6.45, 7) is 10.8. The van der Waals surface area contributed by atoms with E-state index in [9.17, 15) is 37.5 Å². The van der Waals surface area contributed by atoms with Crippen LogP contribution in [-0.2, 0) is 51.9 Å². The zero-order valence-corrected chi connectivity index (χ0v) is 44.9. The van der Waals surface area contributed by atoms with Gasteiger partial charge in [0, 0.05) is 53.7 Å². The summed E-state index contributed by atoms with van der Waals surface area (Å²) in [6, 6.07) is 17.2. The molecule has 0 saturated carbocycles. The molecule has 7 rings (SSSR count). The third kappa shape index (κ3) is 13.1. The lowest BCUT2D eigenvalue weighted by molar-refractivity contribution is -0.164. The molecule has 1 aromatic heterocycles. The Kier molecular flexibility index (Phi) is 18.5. The topological polar surface area (TPSA) is 249 Å². The summed E-state index contributed by atoms with van der Waals surface area (Å²) in [5.74, 6) is -0.422. The van der Waals surface area contributed by atoms with Crippen LogP contribution in [0.5, 0.6) is 17.2 Å². The van der Waals surface area contributed by atoms with E-state index in [1.807, 2.05) is 74.5 Å². The van der Waals surface area contributed by atoms with Crippen LogP contribution in [0.25, 0.3) is 0 Å². The largest absolute Gasteiger partial charge is 0.493 e. The van der Waals surface area contributed by atoms with E-state index in [-0.39, 0.29) is 42.3 Å². The number of aromatic nitrogens is 1. The second-order valence-electron chi connectivity index (χ2n) is 20.2. The number of anilines is 1. The Balaban J connectivity index is 0.997. The fourth-order valence-electron chi connectivity index (χ4n) is 10.3. The van der Waals surface area contributed by atoms with E-state index in [1.54, 1.807) is 35.0 Å². The Morgan fingerprint density at radius 2 is 1.81 bits per heavy atom. The first-order valence-electron chi connectivity index (χ1n) is 25.3. The van der Waals surface area contributed by atoms with E-state index < -0.39 is 57.5 Å². The average Bonchev–Trinajstić information content (AvgIpc) is 3.87. The summed E-state index contributed by atoms with van der Waals surface area (Å²) in [5, 5.41) is 18.9. The molecule has 5 heterocycles. The van der Waals surface area contributed by atoms with Gasteiger partial charge in [-0.1, -0.05) is 52.0 Å². The quantitative estimate of drug-likeness (QED) is 0.0289. The third-order valence-electron chi connectivity index (χ3n) is 14.8. The lowest BCUT2D eigenvalue weighted by Gasteiger charge is -2.46. The van der Waals surface area contributed by atoms with Crippen LogP contribution in [-0.4, -0.2) is 140 Å². The lowest BCUT2D eigenvalue weighted by Crippen LogP contribution is -2.63. The van der Waals surface area contributed by atoms with Crippen molar-refractivity contribution in [1.82, 2.24) is 24.4 Å². The van der Waals surface area contributed by atoms with Crippen LogP contribution in [0.3, 0.4) is 0 Å². The number of likely N-dealkylation sites (tertiary alicyclic amines) is 2. The fraction of sp³-hybridized carbons (Fsp3) is 0.547. The number of aliphatic hydroxyl groups is 1. The fourth-order valence-corrected chi connectivity index (χ4v) is 12.3. The van der Waals surface area contributed by atoms with Gasteiger partial charge in [-0.25, -0.2) is 19.6 Å². The number of hydrogen-bond acceptors (Lipinski definition) is 16. The van der Waals surface area contributed by atoms with E-state index in [1.165, 1.54) is 21.6 Å². The number of aryl methyl sites for hydroxylation is 1.